The van der Waals surface area contributed by atoms with E-state index in [-0.39, 0.29) is 0 Å². The van der Waals surface area contributed by atoms with E-state index in [4.69, 9.17) is 5.11 Å². The first-order chi connectivity index (χ1) is 9.76. The van der Waals surface area contributed by atoms with Crippen LogP contribution in [0.25, 0.3) is 0 Å². The van der Waals surface area contributed by atoms with Crippen molar-refractivity contribution >= 4 is 17.8 Å². The van der Waals surface area contributed by atoms with Gasteiger partial charge in [-0.2, -0.15) is 0 Å². The number of carboxylic acid groups (broad SMARTS) is 2. The maximum atomic E-state index is 12.2. The number of carboxylic acids is 2. The zero-order chi connectivity index (χ0) is 15.8. The quantitative estimate of drug-likeness (QED) is 0.758. The van der Waals surface area contributed by atoms with Gasteiger partial charge in [0.15, 0.2) is 6.04 Å². The molecule has 1 aliphatic carbocycles. The highest BCUT2D eigenvalue weighted by molar-refractivity contribution is 5.93. The molecule has 3 atom stereocenters. The minimum absolute atomic E-state index is 0.448. The first kappa shape index (κ1) is 15.0. The molecule has 1 saturated carbocycles. The molecule has 0 spiro atoms. The Kier molecular flexibility index (Phi) is 3.72. The molecule has 21 heavy (non-hydrogen) atoms. The number of hydrogen-bond donors (Lipinski definition) is 3. The van der Waals surface area contributed by atoms with Gasteiger partial charge in [0.2, 0.25) is 5.91 Å². The zero-order valence-electron chi connectivity index (χ0n) is 11.7. The van der Waals surface area contributed by atoms with Crippen molar-refractivity contribution in [1.82, 2.24) is 5.32 Å². The highest BCUT2D eigenvalue weighted by Crippen LogP contribution is 2.58. The Morgan fingerprint density at radius 2 is 1.67 bits per heavy atom. The lowest BCUT2D eigenvalue weighted by molar-refractivity contribution is -0.142. The Morgan fingerprint density at radius 1 is 1.10 bits per heavy atom. The van der Waals surface area contributed by atoms with Gasteiger partial charge in [0.05, 0.1) is 11.8 Å². The van der Waals surface area contributed by atoms with Gasteiger partial charge in [0.25, 0.3) is 0 Å². The summed E-state index contributed by atoms with van der Waals surface area (Å²) >= 11 is 0. The van der Waals surface area contributed by atoms with E-state index in [0.717, 1.165) is 0 Å². The number of benzene rings is 1. The summed E-state index contributed by atoms with van der Waals surface area (Å²) in [4.78, 5) is 34.6. The average molecular weight is 291 g/mol. The van der Waals surface area contributed by atoms with Gasteiger partial charge in [0.1, 0.15) is 0 Å². The molecule has 0 heterocycles. The molecule has 0 unspecified atom stereocenters. The molecule has 6 heteroatoms. The van der Waals surface area contributed by atoms with Crippen LogP contribution < -0.4 is 5.32 Å². The van der Waals surface area contributed by atoms with E-state index in [2.05, 4.69) is 5.32 Å². The normalized spacial score (nSPS) is 23.9. The zero-order valence-corrected chi connectivity index (χ0v) is 11.7. The highest BCUT2D eigenvalue weighted by Gasteiger charge is 2.66. The molecule has 1 amide bonds. The molecular weight excluding hydrogens is 274 g/mol. The molecule has 1 aromatic carbocycles. The van der Waals surface area contributed by atoms with Crippen LogP contribution in [-0.4, -0.2) is 28.1 Å². The maximum Gasteiger partial charge on any atom is 0.330 e. The third-order valence-electron chi connectivity index (χ3n) is 4.04. The van der Waals surface area contributed by atoms with E-state index < -0.39 is 41.1 Å². The average Bonchev–Trinajstić information content (AvgIpc) is 2.99. The van der Waals surface area contributed by atoms with Gasteiger partial charge in [-0.15, -0.1) is 0 Å². The molecule has 2 rings (SSSR count). The summed E-state index contributed by atoms with van der Waals surface area (Å²) in [7, 11) is 0. The first-order valence-electron chi connectivity index (χ1n) is 6.57. The molecule has 0 radical (unpaired) electrons. The van der Waals surface area contributed by atoms with Crippen LogP contribution in [0.2, 0.25) is 0 Å². The van der Waals surface area contributed by atoms with E-state index in [1.165, 1.54) is 0 Å². The van der Waals surface area contributed by atoms with Gasteiger partial charge >= 0.3 is 11.9 Å². The van der Waals surface area contributed by atoms with E-state index in [0.29, 0.717) is 5.56 Å². The highest BCUT2D eigenvalue weighted by atomic mass is 16.4. The van der Waals surface area contributed by atoms with E-state index in [9.17, 15) is 19.5 Å². The lowest BCUT2D eigenvalue weighted by Crippen LogP contribution is -2.35. The fraction of sp³-hybridized carbons (Fsp3) is 0.400. The summed E-state index contributed by atoms with van der Waals surface area (Å²) in [6.07, 6.45) is 0. The molecule has 1 aromatic rings. The Morgan fingerprint density at radius 3 is 2.10 bits per heavy atom. The van der Waals surface area contributed by atoms with Crippen molar-refractivity contribution in [3.05, 3.63) is 35.9 Å². The second-order valence-electron chi connectivity index (χ2n) is 5.81. The van der Waals surface area contributed by atoms with Crippen molar-refractivity contribution in [3.63, 3.8) is 0 Å². The van der Waals surface area contributed by atoms with Gasteiger partial charge in [-0.1, -0.05) is 44.2 Å². The molecule has 0 aromatic heterocycles. The van der Waals surface area contributed by atoms with Gasteiger partial charge in [-0.3, -0.25) is 9.59 Å². The summed E-state index contributed by atoms with van der Waals surface area (Å²) in [6, 6.07) is 7.13. The lowest BCUT2D eigenvalue weighted by Gasteiger charge is -2.15. The maximum absolute atomic E-state index is 12.2. The number of carbonyl (C=O) groups excluding carboxylic acids is 1. The first-order valence-corrected chi connectivity index (χ1v) is 6.57. The third kappa shape index (κ3) is 2.74. The van der Waals surface area contributed by atoms with Crippen molar-refractivity contribution in [2.24, 2.45) is 17.3 Å². The van der Waals surface area contributed by atoms with Crippen LogP contribution >= 0.6 is 0 Å². The number of carbonyl (C=O) groups is 3. The number of rotatable bonds is 5. The molecule has 3 N–H and O–H groups in total. The molecule has 112 valence electrons. The number of nitrogens with one attached hydrogen (secondary N) is 1. The number of hydrogen-bond acceptors (Lipinski definition) is 3. The largest absolute Gasteiger partial charge is 0.481 e. The Balaban J connectivity index is 2.14. The summed E-state index contributed by atoms with van der Waals surface area (Å²) in [6.45, 7) is 3.38. The van der Waals surface area contributed by atoms with E-state index in [1.807, 2.05) is 0 Å². The summed E-state index contributed by atoms with van der Waals surface area (Å²) in [5.74, 6) is -4.24. The van der Waals surface area contributed by atoms with Crippen LogP contribution in [-0.2, 0) is 14.4 Å². The van der Waals surface area contributed by atoms with Crippen molar-refractivity contribution < 1.29 is 24.6 Å². The lowest BCUT2D eigenvalue weighted by atomic mass is 10.1. The molecule has 0 bridgehead atoms. The fourth-order valence-electron chi connectivity index (χ4n) is 2.75. The topological polar surface area (TPSA) is 104 Å². The molecule has 6 nitrogen and oxygen atoms in total. The van der Waals surface area contributed by atoms with Crippen LogP contribution in [0.4, 0.5) is 0 Å². The second kappa shape index (κ2) is 5.20. The number of aliphatic carboxylic acids is 2. The molecule has 1 aliphatic rings. The smallest absolute Gasteiger partial charge is 0.330 e. The van der Waals surface area contributed by atoms with Crippen LogP contribution in [0, 0.1) is 17.3 Å². The van der Waals surface area contributed by atoms with E-state index in [1.54, 1.807) is 44.2 Å². The van der Waals surface area contributed by atoms with Crippen molar-refractivity contribution in [2.45, 2.75) is 19.9 Å². The third-order valence-corrected chi connectivity index (χ3v) is 4.04. The van der Waals surface area contributed by atoms with Gasteiger partial charge < -0.3 is 15.5 Å². The fourth-order valence-corrected chi connectivity index (χ4v) is 2.75. The SMILES string of the molecule is CC1(C)[C@H](C(=O)O)[C@@H]1C(=O)N[C@@H](C(=O)O)c1ccccc1. The van der Waals surface area contributed by atoms with Gasteiger partial charge in [-0.25, -0.2) is 4.79 Å². The van der Waals surface area contributed by atoms with E-state index >= 15 is 0 Å². The number of amides is 1. The van der Waals surface area contributed by atoms with Crippen LogP contribution in [0.15, 0.2) is 30.3 Å². The van der Waals surface area contributed by atoms with Crippen LogP contribution in [0.5, 0.6) is 0 Å². The predicted octanol–water partition coefficient (Wildman–Crippen LogP) is 1.29. The predicted molar refractivity (Wildman–Crippen MR) is 73.4 cm³/mol. The van der Waals surface area contributed by atoms with Gasteiger partial charge in [0, 0.05) is 0 Å². The molecule has 0 aliphatic heterocycles. The molecular formula is C15H17NO5. The molecule has 0 saturated heterocycles. The van der Waals surface area contributed by atoms with Crippen molar-refractivity contribution in [2.75, 3.05) is 0 Å². The Labute approximate surface area is 121 Å². The Bertz CT molecular complexity index is 581. The molecule has 1 fully saturated rings. The Hall–Kier alpha value is -2.37. The summed E-state index contributed by atoms with van der Waals surface area (Å²) < 4.78 is 0. The van der Waals surface area contributed by atoms with Gasteiger partial charge in [-0.05, 0) is 11.0 Å². The second-order valence-corrected chi connectivity index (χ2v) is 5.81. The van der Waals surface area contributed by atoms with Crippen molar-refractivity contribution in [1.29, 1.82) is 0 Å². The van der Waals surface area contributed by atoms with Crippen molar-refractivity contribution in [3.8, 4) is 0 Å². The van der Waals surface area contributed by atoms with Crippen LogP contribution in [0.3, 0.4) is 0 Å². The summed E-state index contributed by atoms with van der Waals surface area (Å²) in [5, 5.41) is 20.8. The minimum Gasteiger partial charge on any atom is -0.481 e. The van der Waals surface area contributed by atoms with Crippen LogP contribution in [0.1, 0.15) is 25.5 Å². The standard InChI is InChI=1S/C15H17NO5/c1-15(2)9(10(15)13(18)19)12(17)16-11(14(20)21)8-6-4-3-5-7-8/h3-7,9-11H,1-2H3,(H,16,17)(H,18,19)(H,20,21)/t9-,10+,11-/m1/s1. The monoisotopic (exact) mass is 291 g/mol. The summed E-state index contributed by atoms with van der Waals surface area (Å²) in [5.41, 5.74) is -0.209. The minimum atomic E-state index is -1.18.